The molecule has 14 nitrogen and oxygen atoms in total. The molecule has 0 unspecified atom stereocenters. The standard InChI is InChI=1S/C9H6O6.C5H10NO7P.Mg.Ni.2H/c10-7(11)4-1-5(8(12)13)3-6(2-4)9(14)15;7-4(8)1-6(2-5(9)10)3-14(11,12)13;;;;/h1-3H,(H,10,11)(H,12,13)(H,14,15);1-3H2,(H,7,8)(H,9,10)(H2,11,12,13);;;;/q;;+2;;2*-1. The fraction of sp³-hybridized carbons (Fsp3) is 0.214. The summed E-state index contributed by atoms with van der Waals surface area (Å²) in [4.78, 5) is 69.7. The number of aliphatic carboxylic acids is 2. The number of carbonyl (C=O) groups is 5. The van der Waals surface area contributed by atoms with Gasteiger partial charge in [0.05, 0.1) is 29.8 Å². The summed E-state index contributed by atoms with van der Waals surface area (Å²) in [6.07, 6.45) is -0.883. The Balaban J connectivity index is -0.000000142. The molecule has 174 valence electrons. The van der Waals surface area contributed by atoms with Gasteiger partial charge in [0.2, 0.25) is 0 Å². The molecule has 0 spiro atoms. The number of carboxylic acids is 5. The predicted molar refractivity (Wildman–Crippen MR) is 99.1 cm³/mol. The Morgan fingerprint density at radius 1 is 0.742 bits per heavy atom. The van der Waals surface area contributed by atoms with E-state index in [-0.39, 0.29) is 59.1 Å². The minimum absolute atomic E-state index is 0. The minimum Gasteiger partial charge on any atom is -1.00 e. The molecule has 1 aromatic rings. The zero-order chi connectivity index (χ0) is 22.9. The van der Waals surface area contributed by atoms with Gasteiger partial charge in [-0.2, -0.15) is 0 Å². The third-order valence-electron chi connectivity index (χ3n) is 2.78. The van der Waals surface area contributed by atoms with Gasteiger partial charge in [-0.1, -0.05) is 0 Å². The van der Waals surface area contributed by atoms with E-state index in [0.717, 1.165) is 18.2 Å². The van der Waals surface area contributed by atoms with E-state index < -0.39 is 56.8 Å². The number of hydrogen-bond acceptors (Lipinski definition) is 7. The monoisotopic (exact) mass is 521 g/mol. The summed E-state index contributed by atoms with van der Waals surface area (Å²) < 4.78 is 10.5. The van der Waals surface area contributed by atoms with Crippen molar-refractivity contribution in [3.8, 4) is 0 Å². The smallest absolute Gasteiger partial charge is 1.00 e. The molecule has 0 saturated carbocycles. The quantitative estimate of drug-likeness (QED) is 0.155. The van der Waals surface area contributed by atoms with Gasteiger partial charge >= 0.3 is 60.5 Å². The van der Waals surface area contributed by atoms with Gasteiger partial charge in [-0.3, -0.25) is 19.1 Å². The van der Waals surface area contributed by atoms with Gasteiger partial charge in [-0.25, -0.2) is 14.4 Å². The fourth-order valence-corrected chi connectivity index (χ4v) is 2.52. The van der Waals surface area contributed by atoms with Gasteiger partial charge in [0.25, 0.3) is 0 Å². The number of benzene rings is 1. The summed E-state index contributed by atoms with van der Waals surface area (Å²) in [5, 5.41) is 42.4. The van der Waals surface area contributed by atoms with Crippen LogP contribution < -0.4 is 0 Å². The van der Waals surface area contributed by atoms with Crippen molar-refractivity contribution < 1.29 is 83.2 Å². The first-order valence-corrected chi connectivity index (χ1v) is 8.97. The Hall–Kier alpha value is -2.06. The van der Waals surface area contributed by atoms with Crippen molar-refractivity contribution >= 4 is 60.5 Å². The Bertz CT molecular complexity index is 788. The van der Waals surface area contributed by atoms with Crippen LogP contribution in [-0.4, -0.2) is 112 Å². The zero-order valence-electron chi connectivity index (χ0n) is 17.4. The molecule has 0 aromatic heterocycles. The predicted octanol–water partition coefficient (Wildman–Crippen LogP) is -0.784. The minimum atomic E-state index is -4.44. The number of nitrogens with zero attached hydrogens (tertiary/aromatic N) is 1. The van der Waals surface area contributed by atoms with Gasteiger partial charge in [-0.15, -0.1) is 0 Å². The molecule has 31 heavy (non-hydrogen) atoms. The maximum atomic E-state index is 10.6. The Kier molecular flexibility index (Phi) is 16.1. The van der Waals surface area contributed by atoms with Crippen molar-refractivity contribution in [1.29, 1.82) is 0 Å². The number of aromatic carboxylic acids is 3. The van der Waals surface area contributed by atoms with Crippen LogP contribution in [0.15, 0.2) is 18.2 Å². The summed E-state index contributed by atoms with van der Waals surface area (Å²) >= 11 is 0. The topological polar surface area (TPSA) is 247 Å². The van der Waals surface area contributed by atoms with Gasteiger partial charge in [-0.05, 0) is 18.2 Å². The van der Waals surface area contributed by atoms with Crippen LogP contribution in [0.2, 0.25) is 0 Å². The third-order valence-corrected chi connectivity index (χ3v) is 3.54. The average Bonchev–Trinajstić information content (AvgIpc) is 2.51. The second-order valence-corrected chi connectivity index (χ2v) is 6.91. The molecule has 0 aliphatic rings. The number of carboxylic acid groups (broad SMARTS) is 5. The molecule has 1 aromatic carbocycles. The van der Waals surface area contributed by atoms with Crippen molar-refractivity contribution in [2.45, 2.75) is 0 Å². The van der Waals surface area contributed by atoms with Crippen molar-refractivity contribution in [2.24, 2.45) is 0 Å². The fourth-order valence-electron chi connectivity index (χ4n) is 1.80. The van der Waals surface area contributed by atoms with E-state index in [0.29, 0.717) is 4.90 Å². The summed E-state index contributed by atoms with van der Waals surface area (Å²) in [6.45, 7) is -1.45. The number of rotatable bonds is 9. The summed E-state index contributed by atoms with van der Waals surface area (Å²) in [5.74, 6) is -6.82. The van der Waals surface area contributed by atoms with E-state index in [1.54, 1.807) is 0 Å². The van der Waals surface area contributed by atoms with Gasteiger partial charge in [0.15, 0.2) is 0 Å². The van der Waals surface area contributed by atoms with Crippen LogP contribution in [0.25, 0.3) is 0 Å². The van der Waals surface area contributed by atoms with Crippen LogP contribution >= 0.6 is 7.60 Å². The van der Waals surface area contributed by atoms with Crippen LogP contribution in [0.1, 0.15) is 33.9 Å². The SMILES string of the molecule is O=C(O)CN(CC(=O)O)CP(=O)(O)O.O=C(O)c1cc(C(=O)O)cc(C(=O)O)c1.[H-].[H-].[Mg+2].[Ni]. The first-order valence-electron chi connectivity index (χ1n) is 7.18. The van der Waals surface area contributed by atoms with Crippen LogP contribution in [0.4, 0.5) is 0 Å². The molecule has 0 fully saturated rings. The van der Waals surface area contributed by atoms with E-state index in [4.69, 9.17) is 35.3 Å². The second kappa shape index (κ2) is 14.9. The van der Waals surface area contributed by atoms with Crippen molar-refractivity contribution in [2.75, 3.05) is 19.4 Å². The molecule has 0 aliphatic heterocycles. The Morgan fingerprint density at radius 3 is 1.16 bits per heavy atom. The molecule has 0 amide bonds. The molecule has 0 saturated heterocycles. The van der Waals surface area contributed by atoms with Crippen LogP contribution in [-0.2, 0) is 30.6 Å². The molecule has 0 heterocycles. The summed E-state index contributed by atoms with van der Waals surface area (Å²) in [6, 6.07) is 2.70. The van der Waals surface area contributed by atoms with Crippen molar-refractivity contribution in [1.82, 2.24) is 4.90 Å². The molecule has 17 heteroatoms. The van der Waals surface area contributed by atoms with Crippen LogP contribution in [0.5, 0.6) is 0 Å². The van der Waals surface area contributed by atoms with Gasteiger partial charge in [0, 0.05) is 16.5 Å². The van der Waals surface area contributed by atoms with Crippen LogP contribution in [0.3, 0.4) is 0 Å². The normalized spacial score (nSPS) is 9.90. The maximum absolute atomic E-state index is 10.6. The van der Waals surface area contributed by atoms with Gasteiger partial charge in [0.1, 0.15) is 6.29 Å². The molecule has 0 atom stereocenters. The Labute approximate surface area is 202 Å². The average molecular weight is 522 g/mol. The molecular weight excluding hydrogens is 504 g/mol. The largest absolute Gasteiger partial charge is 2.00 e. The maximum Gasteiger partial charge on any atom is 2.00 e. The van der Waals surface area contributed by atoms with Crippen molar-refractivity contribution in [3.63, 3.8) is 0 Å². The van der Waals surface area contributed by atoms with E-state index in [1.165, 1.54) is 0 Å². The first kappa shape index (κ1) is 33.6. The van der Waals surface area contributed by atoms with Gasteiger partial charge < -0.3 is 38.2 Å². The van der Waals surface area contributed by atoms with E-state index >= 15 is 0 Å². The molecule has 0 radical (unpaired) electrons. The van der Waals surface area contributed by atoms with Crippen LogP contribution in [0, 0.1) is 0 Å². The van der Waals surface area contributed by atoms with Crippen molar-refractivity contribution in [3.05, 3.63) is 34.9 Å². The van der Waals surface area contributed by atoms with E-state index in [2.05, 4.69) is 0 Å². The zero-order valence-corrected chi connectivity index (χ0v) is 18.6. The van der Waals surface area contributed by atoms with E-state index in [1.807, 2.05) is 0 Å². The Morgan fingerprint density at radius 2 is 1.00 bits per heavy atom. The molecule has 7 N–H and O–H groups in total. The van der Waals surface area contributed by atoms with E-state index in [9.17, 15) is 28.5 Å². The number of hydrogen-bond donors (Lipinski definition) is 7. The summed E-state index contributed by atoms with van der Waals surface area (Å²) in [5.41, 5.74) is -1.10. The summed E-state index contributed by atoms with van der Waals surface area (Å²) in [7, 11) is -4.44. The molecular formula is C14H18MgNNiO13P. The third kappa shape index (κ3) is 15.4. The first-order chi connectivity index (χ1) is 13.1. The molecule has 0 aliphatic carbocycles. The second-order valence-electron chi connectivity index (χ2n) is 5.30. The molecule has 0 bridgehead atoms. The molecule has 1 rings (SSSR count).